The molecule has 1 amide bonds. The molecule has 0 radical (unpaired) electrons. The Balaban J connectivity index is 2.20. The number of hydrogen-bond donors (Lipinski definition) is 1. The molecule has 0 spiro atoms. The van der Waals surface area contributed by atoms with Crippen LogP contribution in [0.4, 0.5) is 4.39 Å². The molecule has 158 valence electrons. The van der Waals surface area contributed by atoms with Crippen LogP contribution in [0.2, 0.25) is 5.02 Å². The van der Waals surface area contributed by atoms with Crippen molar-refractivity contribution in [1.82, 2.24) is 20.1 Å². The maximum absolute atomic E-state index is 14.1. The van der Waals surface area contributed by atoms with Crippen LogP contribution in [0, 0.1) is 5.82 Å². The van der Waals surface area contributed by atoms with Crippen molar-refractivity contribution in [2.75, 3.05) is 0 Å². The first-order chi connectivity index (χ1) is 13.8. The summed E-state index contributed by atoms with van der Waals surface area (Å²) in [6.45, 7) is 11.9. The first-order valence-corrected chi connectivity index (χ1v) is 10.1. The first kappa shape index (κ1) is 22.0. The van der Waals surface area contributed by atoms with E-state index in [4.69, 9.17) is 16.6 Å². The molecule has 0 atom stereocenters. The van der Waals surface area contributed by atoms with E-state index in [1.54, 1.807) is 24.4 Å². The number of hydrogen-bond acceptors (Lipinski definition) is 3. The van der Waals surface area contributed by atoms with Gasteiger partial charge in [-0.25, -0.2) is 9.37 Å². The monoisotopic (exact) mass is 428 g/mol. The summed E-state index contributed by atoms with van der Waals surface area (Å²) in [5.74, 6) is -0.773. The Morgan fingerprint density at radius 1 is 1.03 bits per heavy atom. The largest absolute Gasteiger partial charge is 0.347 e. The summed E-state index contributed by atoms with van der Waals surface area (Å²) in [5.41, 5.74) is 2.10. The average Bonchev–Trinajstić information content (AvgIpc) is 3.12. The van der Waals surface area contributed by atoms with Crippen LogP contribution in [0.25, 0.3) is 22.6 Å². The average molecular weight is 429 g/mol. The number of nitrogens with one attached hydrogen (secondary N) is 1. The molecule has 30 heavy (non-hydrogen) atoms. The Hall–Kier alpha value is -2.73. The molecule has 0 bridgehead atoms. The Bertz CT molecular complexity index is 1090. The predicted octanol–water partition coefficient (Wildman–Crippen LogP) is 5.69. The first-order valence-electron chi connectivity index (χ1n) is 9.70. The van der Waals surface area contributed by atoms with Crippen molar-refractivity contribution in [3.05, 3.63) is 59.0 Å². The lowest BCUT2D eigenvalue weighted by molar-refractivity contribution is 0.0919. The van der Waals surface area contributed by atoms with Gasteiger partial charge >= 0.3 is 0 Å². The Morgan fingerprint density at radius 3 is 2.30 bits per heavy atom. The molecule has 0 fully saturated rings. The highest BCUT2D eigenvalue weighted by Crippen LogP contribution is 2.29. The minimum absolute atomic E-state index is 0.0337. The summed E-state index contributed by atoms with van der Waals surface area (Å²) in [6, 6.07) is 9.73. The summed E-state index contributed by atoms with van der Waals surface area (Å²) in [7, 11) is 0. The molecule has 0 aliphatic carbocycles. The molecule has 2 heterocycles. The van der Waals surface area contributed by atoms with Crippen molar-refractivity contribution in [2.24, 2.45) is 0 Å². The van der Waals surface area contributed by atoms with Gasteiger partial charge in [-0.1, -0.05) is 17.7 Å². The van der Waals surface area contributed by atoms with Crippen LogP contribution < -0.4 is 5.32 Å². The van der Waals surface area contributed by atoms with Crippen LogP contribution in [0.3, 0.4) is 0 Å². The lowest BCUT2D eigenvalue weighted by Gasteiger charge is -2.23. The highest BCUT2D eigenvalue weighted by molar-refractivity contribution is 6.30. The second-order valence-electron chi connectivity index (χ2n) is 9.26. The maximum atomic E-state index is 14.1. The van der Waals surface area contributed by atoms with E-state index < -0.39 is 11.4 Å². The molecule has 5 nitrogen and oxygen atoms in total. The quantitative estimate of drug-likeness (QED) is 0.583. The van der Waals surface area contributed by atoms with Gasteiger partial charge in [0.15, 0.2) is 0 Å². The van der Waals surface area contributed by atoms with Crippen LogP contribution in [-0.4, -0.2) is 26.2 Å². The highest BCUT2D eigenvalue weighted by Gasteiger charge is 2.22. The maximum Gasteiger partial charge on any atom is 0.251 e. The van der Waals surface area contributed by atoms with Crippen LogP contribution in [0.15, 0.2) is 42.6 Å². The van der Waals surface area contributed by atoms with E-state index in [1.807, 2.05) is 52.3 Å². The lowest BCUT2D eigenvalue weighted by atomic mass is 10.0. The second kappa shape index (κ2) is 7.84. The minimum atomic E-state index is -0.540. The number of amides is 1. The number of aromatic nitrogens is 3. The van der Waals surface area contributed by atoms with Crippen molar-refractivity contribution >= 4 is 17.5 Å². The standard InChI is InChI=1S/C23H26ClFN4O/c1-22(2,3)28-21(30)15-12-18(14-7-8-16(24)17(25)11-14)27-19(13-15)20-9-10-26-29(20)23(4,5)6/h7-13H,1-6H3,(H,28,30). The molecule has 0 aliphatic heterocycles. The Morgan fingerprint density at radius 2 is 1.70 bits per heavy atom. The summed E-state index contributed by atoms with van der Waals surface area (Å²) >= 11 is 5.83. The molecule has 0 saturated heterocycles. The molecular weight excluding hydrogens is 403 g/mol. The molecule has 0 aliphatic rings. The third kappa shape index (κ3) is 4.87. The molecule has 3 aromatic rings. The van der Waals surface area contributed by atoms with E-state index in [0.29, 0.717) is 22.5 Å². The molecule has 0 saturated carbocycles. The number of benzene rings is 1. The summed E-state index contributed by atoms with van der Waals surface area (Å²) in [5, 5.41) is 7.43. The van der Waals surface area contributed by atoms with E-state index in [1.165, 1.54) is 12.1 Å². The zero-order valence-electron chi connectivity index (χ0n) is 18.0. The smallest absolute Gasteiger partial charge is 0.251 e. The molecule has 3 rings (SSSR count). The number of halogens is 2. The molecular formula is C23H26ClFN4O. The normalized spacial score (nSPS) is 12.1. The molecule has 2 aromatic heterocycles. The summed E-state index contributed by atoms with van der Waals surface area (Å²) in [4.78, 5) is 17.6. The fraction of sp³-hybridized carbons (Fsp3) is 0.348. The van der Waals surface area contributed by atoms with Crippen molar-refractivity contribution < 1.29 is 9.18 Å². The van der Waals surface area contributed by atoms with E-state index in [-0.39, 0.29) is 16.5 Å². The number of carbonyl (C=O) groups is 1. The van der Waals surface area contributed by atoms with E-state index in [0.717, 1.165) is 5.69 Å². The topological polar surface area (TPSA) is 59.8 Å². The minimum Gasteiger partial charge on any atom is -0.347 e. The van der Waals surface area contributed by atoms with Gasteiger partial charge in [0.05, 0.1) is 27.6 Å². The number of rotatable bonds is 3. The van der Waals surface area contributed by atoms with Crippen molar-refractivity contribution in [1.29, 1.82) is 0 Å². The fourth-order valence-electron chi connectivity index (χ4n) is 3.04. The van der Waals surface area contributed by atoms with Crippen LogP contribution in [0.5, 0.6) is 0 Å². The van der Waals surface area contributed by atoms with E-state index in [9.17, 15) is 9.18 Å². The Kier molecular flexibility index (Phi) is 5.74. The van der Waals surface area contributed by atoms with Crippen molar-refractivity contribution in [3.8, 4) is 22.6 Å². The van der Waals surface area contributed by atoms with Crippen molar-refractivity contribution in [3.63, 3.8) is 0 Å². The Labute approximate surface area is 181 Å². The molecule has 7 heteroatoms. The third-order valence-electron chi connectivity index (χ3n) is 4.33. The summed E-state index contributed by atoms with van der Waals surface area (Å²) in [6.07, 6.45) is 1.70. The van der Waals surface area contributed by atoms with Crippen LogP contribution >= 0.6 is 11.6 Å². The SMILES string of the molecule is CC(C)(C)NC(=O)c1cc(-c2ccc(Cl)c(F)c2)nc(-c2ccnn2C(C)(C)C)c1. The van der Waals surface area contributed by atoms with Crippen LogP contribution in [0.1, 0.15) is 51.9 Å². The fourth-order valence-corrected chi connectivity index (χ4v) is 3.16. The van der Waals surface area contributed by atoms with Gasteiger partial charge in [-0.15, -0.1) is 0 Å². The molecule has 1 aromatic carbocycles. The van der Waals surface area contributed by atoms with Gasteiger partial charge in [-0.05, 0) is 71.9 Å². The van der Waals surface area contributed by atoms with Gasteiger partial charge in [0.1, 0.15) is 5.82 Å². The zero-order valence-corrected chi connectivity index (χ0v) is 18.8. The van der Waals surface area contributed by atoms with E-state index >= 15 is 0 Å². The van der Waals surface area contributed by atoms with Gasteiger partial charge in [-0.2, -0.15) is 5.10 Å². The molecule has 1 N–H and O–H groups in total. The molecule has 0 unspecified atom stereocenters. The van der Waals surface area contributed by atoms with Gasteiger partial charge in [0.2, 0.25) is 0 Å². The van der Waals surface area contributed by atoms with Crippen molar-refractivity contribution in [2.45, 2.75) is 52.6 Å². The number of nitrogens with zero attached hydrogens (tertiary/aromatic N) is 3. The zero-order chi connectivity index (χ0) is 22.3. The lowest BCUT2D eigenvalue weighted by Crippen LogP contribution is -2.40. The van der Waals surface area contributed by atoms with Gasteiger partial charge in [0.25, 0.3) is 5.91 Å². The third-order valence-corrected chi connectivity index (χ3v) is 4.64. The summed E-state index contributed by atoms with van der Waals surface area (Å²) < 4.78 is 15.9. The van der Waals surface area contributed by atoms with Gasteiger partial charge < -0.3 is 5.32 Å². The number of carbonyl (C=O) groups excluding carboxylic acids is 1. The van der Waals surface area contributed by atoms with E-state index in [2.05, 4.69) is 10.4 Å². The van der Waals surface area contributed by atoms with Crippen LogP contribution in [-0.2, 0) is 5.54 Å². The van der Waals surface area contributed by atoms with Gasteiger partial charge in [-0.3, -0.25) is 9.48 Å². The highest BCUT2D eigenvalue weighted by atomic mass is 35.5. The number of pyridine rings is 1. The second-order valence-corrected chi connectivity index (χ2v) is 9.67. The predicted molar refractivity (Wildman–Crippen MR) is 118 cm³/mol. The van der Waals surface area contributed by atoms with Gasteiger partial charge in [0, 0.05) is 22.9 Å².